The predicted molar refractivity (Wildman–Crippen MR) is 79.1 cm³/mol. The van der Waals surface area contributed by atoms with Crippen molar-refractivity contribution in [2.45, 2.75) is 12.3 Å². The summed E-state index contributed by atoms with van der Waals surface area (Å²) in [5.74, 6) is 0.845. The molecule has 2 aromatic carbocycles. The van der Waals surface area contributed by atoms with Crippen molar-refractivity contribution >= 4 is 22.1 Å². The zero-order valence-electron chi connectivity index (χ0n) is 10.9. The Bertz CT molecular complexity index is 751. The minimum Gasteiger partial charge on any atom is -0.384 e. The molecule has 4 rings (SSSR count). The lowest BCUT2D eigenvalue weighted by Gasteiger charge is -2.30. The molecule has 20 heavy (non-hydrogen) atoms. The highest BCUT2D eigenvalue weighted by Crippen LogP contribution is 2.47. The lowest BCUT2D eigenvalue weighted by atomic mass is 9.82. The Hall–Kier alpha value is -2.36. The molecule has 0 radical (unpaired) electrons. The van der Waals surface area contributed by atoms with Crippen molar-refractivity contribution in [3.05, 3.63) is 58.2 Å². The molecule has 1 heterocycles. The van der Waals surface area contributed by atoms with Crippen LogP contribution < -0.4 is 5.32 Å². The zero-order valence-corrected chi connectivity index (χ0v) is 10.9. The molecule has 0 fully saturated rings. The first-order valence-corrected chi connectivity index (χ1v) is 6.86. The van der Waals surface area contributed by atoms with Crippen LogP contribution in [0.2, 0.25) is 0 Å². The number of nitrogens with zero attached hydrogens (tertiary/aromatic N) is 1. The lowest BCUT2D eigenvalue weighted by Crippen LogP contribution is -2.24. The molecule has 100 valence electrons. The molecule has 0 aromatic heterocycles. The molecule has 4 heteroatoms. The highest BCUT2D eigenvalue weighted by Gasteiger charge is 2.33. The van der Waals surface area contributed by atoms with Crippen LogP contribution in [0, 0.1) is 16.0 Å². The molecule has 0 spiro atoms. The quantitative estimate of drug-likeness (QED) is 0.485. The maximum atomic E-state index is 11.4. The number of rotatable bonds is 1. The fourth-order valence-electron chi connectivity index (χ4n) is 3.51. The molecule has 0 saturated heterocycles. The van der Waals surface area contributed by atoms with E-state index in [1.54, 1.807) is 6.07 Å². The van der Waals surface area contributed by atoms with Crippen molar-refractivity contribution in [1.82, 2.24) is 0 Å². The van der Waals surface area contributed by atoms with Gasteiger partial charge in [0.05, 0.1) is 10.3 Å². The molecule has 0 saturated carbocycles. The van der Waals surface area contributed by atoms with E-state index in [0.717, 1.165) is 29.6 Å². The normalized spacial score (nSPS) is 23.2. The summed E-state index contributed by atoms with van der Waals surface area (Å²) in [7, 11) is 0. The van der Waals surface area contributed by atoms with Gasteiger partial charge in [0.1, 0.15) is 0 Å². The number of non-ortho nitro benzene ring substituents is 1. The van der Waals surface area contributed by atoms with Gasteiger partial charge in [-0.2, -0.15) is 0 Å². The van der Waals surface area contributed by atoms with Crippen LogP contribution in [0.25, 0.3) is 10.8 Å². The van der Waals surface area contributed by atoms with E-state index in [9.17, 15) is 10.1 Å². The second-order valence-electron chi connectivity index (χ2n) is 5.48. The molecule has 1 aliphatic heterocycles. The molecule has 0 unspecified atom stereocenters. The van der Waals surface area contributed by atoms with Gasteiger partial charge in [0.2, 0.25) is 0 Å². The van der Waals surface area contributed by atoms with Crippen molar-refractivity contribution in [1.29, 1.82) is 0 Å². The minimum absolute atomic E-state index is 0.216. The lowest BCUT2D eigenvalue weighted by molar-refractivity contribution is -0.383. The molecule has 4 nitrogen and oxygen atoms in total. The van der Waals surface area contributed by atoms with Gasteiger partial charge in [0.25, 0.3) is 5.69 Å². The van der Waals surface area contributed by atoms with E-state index in [4.69, 9.17) is 0 Å². The summed E-state index contributed by atoms with van der Waals surface area (Å²) in [5, 5.41) is 16.5. The maximum absolute atomic E-state index is 11.4. The van der Waals surface area contributed by atoms with Crippen molar-refractivity contribution < 1.29 is 4.92 Å². The highest BCUT2D eigenvalue weighted by atomic mass is 16.6. The first kappa shape index (κ1) is 11.5. The second-order valence-corrected chi connectivity index (χ2v) is 5.48. The van der Waals surface area contributed by atoms with Crippen molar-refractivity contribution in [3.63, 3.8) is 0 Å². The maximum Gasteiger partial charge on any atom is 0.277 e. The monoisotopic (exact) mass is 266 g/mol. The van der Waals surface area contributed by atoms with Crippen LogP contribution in [0.4, 0.5) is 11.4 Å². The average molecular weight is 266 g/mol. The van der Waals surface area contributed by atoms with Crippen LogP contribution in [-0.4, -0.2) is 11.5 Å². The number of fused-ring (bicyclic) bond motifs is 5. The third-order valence-corrected chi connectivity index (χ3v) is 4.45. The standard InChI is InChI=1S/C16H14N2O2/c19-18(20)15-8-14-11-7-3-4-10(11)9-17-16(14)13-6-2-1-5-12(13)15/h1-6,8,10-11,17H,7,9H2/t10-,11-/m0/s1. The van der Waals surface area contributed by atoms with E-state index < -0.39 is 0 Å². The van der Waals surface area contributed by atoms with Gasteiger partial charge in [-0.1, -0.05) is 30.4 Å². The number of nitrogens with one attached hydrogen (secondary N) is 1. The Morgan fingerprint density at radius 1 is 1.25 bits per heavy atom. The van der Waals surface area contributed by atoms with Gasteiger partial charge in [0.15, 0.2) is 0 Å². The van der Waals surface area contributed by atoms with E-state index in [0.29, 0.717) is 17.2 Å². The van der Waals surface area contributed by atoms with E-state index >= 15 is 0 Å². The molecular weight excluding hydrogens is 252 g/mol. The van der Waals surface area contributed by atoms with Crippen LogP contribution in [-0.2, 0) is 0 Å². The highest BCUT2D eigenvalue weighted by molar-refractivity contribution is 6.01. The van der Waals surface area contributed by atoms with Crippen molar-refractivity contribution in [2.75, 3.05) is 11.9 Å². The SMILES string of the molecule is O=[N+]([O-])c1cc2c(c3ccccc13)NC[C@@H]1C=CC[C@H]21. The largest absolute Gasteiger partial charge is 0.384 e. The molecule has 0 bridgehead atoms. The number of hydrogen-bond acceptors (Lipinski definition) is 3. The topological polar surface area (TPSA) is 55.2 Å². The number of nitro benzene ring substituents is 1. The minimum atomic E-state index is -0.269. The van der Waals surface area contributed by atoms with Crippen LogP contribution in [0.15, 0.2) is 42.5 Å². The summed E-state index contributed by atoms with van der Waals surface area (Å²) in [4.78, 5) is 11.1. The van der Waals surface area contributed by atoms with E-state index in [1.807, 2.05) is 24.3 Å². The summed E-state index contributed by atoms with van der Waals surface area (Å²) >= 11 is 0. The third kappa shape index (κ3) is 1.48. The average Bonchev–Trinajstić information content (AvgIpc) is 2.94. The van der Waals surface area contributed by atoms with E-state index in [2.05, 4.69) is 17.5 Å². The summed E-state index contributed by atoms with van der Waals surface area (Å²) in [6.07, 6.45) is 5.39. The van der Waals surface area contributed by atoms with E-state index in [1.165, 1.54) is 0 Å². The van der Waals surface area contributed by atoms with Gasteiger partial charge in [-0.15, -0.1) is 0 Å². The molecule has 2 aromatic rings. The molecular formula is C16H14N2O2. The summed E-state index contributed by atoms with van der Waals surface area (Å²) in [6.45, 7) is 0.913. The van der Waals surface area contributed by atoms with Crippen molar-refractivity contribution in [3.8, 4) is 0 Å². The van der Waals surface area contributed by atoms with Crippen LogP contribution in [0.5, 0.6) is 0 Å². The summed E-state index contributed by atoms with van der Waals surface area (Å²) < 4.78 is 0. The zero-order chi connectivity index (χ0) is 13.7. The van der Waals surface area contributed by atoms with Gasteiger partial charge >= 0.3 is 0 Å². The summed E-state index contributed by atoms with van der Waals surface area (Å²) in [5.41, 5.74) is 2.39. The van der Waals surface area contributed by atoms with Crippen LogP contribution >= 0.6 is 0 Å². The Morgan fingerprint density at radius 3 is 2.85 bits per heavy atom. The Labute approximate surface area is 116 Å². The molecule has 2 atom stereocenters. The van der Waals surface area contributed by atoms with Crippen LogP contribution in [0.3, 0.4) is 0 Å². The third-order valence-electron chi connectivity index (χ3n) is 4.45. The molecule has 1 aliphatic carbocycles. The molecule has 0 amide bonds. The smallest absolute Gasteiger partial charge is 0.277 e. The number of nitro groups is 1. The Balaban J connectivity index is 2.04. The second kappa shape index (κ2) is 4.07. The molecule has 2 aliphatic rings. The van der Waals surface area contributed by atoms with Crippen LogP contribution in [0.1, 0.15) is 17.9 Å². The Morgan fingerprint density at radius 2 is 2.05 bits per heavy atom. The number of anilines is 1. The fraction of sp³-hybridized carbons (Fsp3) is 0.250. The van der Waals surface area contributed by atoms with Gasteiger partial charge in [-0.3, -0.25) is 10.1 Å². The predicted octanol–water partition coefficient (Wildman–Crippen LogP) is 3.83. The van der Waals surface area contributed by atoms with Gasteiger partial charge in [-0.25, -0.2) is 0 Å². The number of hydrogen-bond donors (Lipinski definition) is 1. The van der Waals surface area contributed by atoms with Crippen molar-refractivity contribution in [2.24, 2.45) is 5.92 Å². The number of allylic oxidation sites excluding steroid dienone is 1. The fourth-order valence-corrected chi connectivity index (χ4v) is 3.51. The Kier molecular flexibility index (Phi) is 2.33. The van der Waals surface area contributed by atoms with Gasteiger partial charge in [0, 0.05) is 29.6 Å². The molecule has 1 N–H and O–H groups in total. The van der Waals surface area contributed by atoms with Gasteiger partial charge < -0.3 is 5.32 Å². The number of benzene rings is 2. The summed E-state index contributed by atoms with van der Waals surface area (Å²) in [6, 6.07) is 9.36. The first-order valence-electron chi connectivity index (χ1n) is 6.86. The van der Waals surface area contributed by atoms with E-state index in [-0.39, 0.29) is 10.6 Å². The van der Waals surface area contributed by atoms with Gasteiger partial charge in [-0.05, 0) is 24.0 Å². The first-order chi connectivity index (χ1) is 9.75.